The van der Waals surface area contributed by atoms with E-state index in [0.717, 1.165) is 17.7 Å². The molecule has 1 radical (unpaired) electrons. The van der Waals surface area contributed by atoms with E-state index in [4.69, 9.17) is 9.47 Å². The van der Waals surface area contributed by atoms with Crippen molar-refractivity contribution >= 4 is 0 Å². The van der Waals surface area contributed by atoms with Gasteiger partial charge in [0.25, 0.3) is 0 Å². The Hall–Kier alpha value is -2.10. The Morgan fingerprint density at radius 1 is 1.35 bits per heavy atom. The van der Waals surface area contributed by atoms with Gasteiger partial charge in [0.1, 0.15) is 5.75 Å². The third kappa shape index (κ3) is 3.45. The Morgan fingerprint density at radius 2 is 2.29 bits per heavy atom. The van der Waals surface area contributed by atoms with E-state index < -0.39 is 0 Å². The SMILES string of the molecule is COc1cccc(CCOc2n[c]ccn2)c1. The van der Waals surface area contributed by atoms with E-state index in [2.05, 4.69) is 16.2 Å². The Labute approximate surface area is 100 Å². The first-order valence-corrected chi connectivity index (χ1v) is 5.33. The number of hydrogen-bond acceptors (Lipinski definition) is 4. The van der Waals surface area contributed by atoms with Crippen LogP contribution in [0, 0.1) is 6.20 Å². The van der Waals surface area contributed by atoms with E-state index in [1.807, 2.05) is 24.3 Å². The lowest BCUT2D eigenvalue weighted by molar-refractivity contribution is 0.295. The van der Waals surface area contributed by atoms with E-state index >= 15 is 0 Å². The topological polar surface area (TPSA) is 44.2 Å². The Morgan fingerprint density at radius 3 is 3.06 bits per heavy atom. The third-order valence-corrected chi connectivity index (χ3v) is 2.25. The van der Waals surface area contributed by atoms with Crippen LogP contribution in [0.4, 0.5) is 0 Å². The first-order chi connectivity index (χ1) is 8.38. The van der Waals surface area contributed by atoms with E-state index in [-0.39, 0.29) is 0 Å². The van der Waals surface area contributed by atoms with E-state index in [1.165, 1.54) is 0 Å². The summed E-state index contributed by atoms with van der Waals surface area (Å²) >= 11 is 0. The fourth-order valence-electron chi connectivity index (χ4n) is 1.41. The summed E-state index contributed by atoms with van der Waals surface area (Å²) in [6, 6.07) is 9.89. The van der Waals surface area contributed by atoms with Crippen LogP contribution in [0.1, 0.15) is 5.56 Å². The van der Waals surface area contributed by atoms with Crippen LogP contribution < -0.4 is 9.47 Å². The molecule has 1 heterocycles. The van der Waals surface area contributed by atoms with Crippen LogP contribution in [0.5, 0.6) is 11.8 Å². The highest BCUT2D eigenvalue weighted by molar-refractivity contribution is 5.28. The summed E-state index contributed by atoms with van der Waals surface area (Å²) < 4.78 is 10.5. The van der Waals surface area contributed by atoms with Crippen LogP contribution in [0.3, 0.4) is 0 Å². The molecule has 0 saturated carbocycles. The smallest absolute Gasteiger partial charge is 0.316 e. The Kier molecular flexibility index (Phi) is 3.91. The van der Waals surface area contributed by atoms with Gasteiger partial charge in [-0.1, -0.05) is 12.1 Å². The number of hydrogen-bond donors (Lipinski definition) is 0. The van der Waals surface area contributed by atoms with Gasteiger partial charge in [0.15, 0.2) is 0 Å². The van der Waals surface area contributed by atoms with Crippen molar-refractivity contribution in [1.82, 2.24) is 9.97 Å². The van der Waals surface area contributed by atoms with Gasteiger partial charge in [-0.2, -0.15) is 4.98 Å². The summed E-state index contributed by atoms with van der Waals surface area (Å²) in [7, 11) is 1.66. The number of nitrogens with zero attached hydrogens (tertiary/aromatic N) is 2. The van der Waals surface area contributed by atoms with Crippen molar-refractivity contribution in [2.24, 2.45) is 0 Å². The van der Waals surface area contributed by atoms with Crippen molar-refractivity contribution in [3.05, 3.63) is 48.3 Å². The summed E-state index contributed by atoms with van der Waals surface area (Å²) in [5.41, 5.74) is 1.16. The summed E-state index contributed by atoms with van der Waals surface area (Å²) in [4.78, 5) is 7.81. The molecule has 87 valence electrons. The molecular weight excluding hydrogens is 216 g/mol. The molecule has 0 saturated heterocycles. The molecule has 1 aromatic carbocycles. The van der Waals surface area contributed by atoms with Gasteiger partial charge in [0.2, 0.25) is 0 Å². The first kappa shape index (κ1) is 11.4. The number of rotatable bonds is 5. The maximum atomic E-state index is 5.39. The molecule has 0 atom stereocenters. The zero-order valence-electron chi connectivity index (χ0n) is 9.59. The van der Waals surface area contributed by atoms with Gasteiger partial charge in [-0.05, 0) is 23.8 Å². The van der Waals surface area contributed by atoms with Crippen LogP contribution in [-0.2, 0) is 6.42 Å². The van der Waals surface area contributed by atoms with Crippen LogP contribution in [0.25, 0.3) is 0 Å². The zero-order chi connectivity index (χ0) is 11.9. The minimum Gasteiger partial charge on any atom is -0.497 e. The molecular formula is C13H13N2O2. The van der Waals surface area contributed by atoms with Gasteiger partial charge in [-0.15, -0.1) is 0 Å². The molecule has 0 aliphatic rings. The van der Waals surface area contributed by atoms with Gasteiger partial charge in [-0.25, -0.2) is 4.98 Å². The molecule has 17 heavy (non-hydrogen) atoms. The molecule has 0 N–H and O–H groups in total. The molecule has 0 spiro atoms. The lowest BCUT2D eigenvalue weighted by atomic mass is 10.1. The number of ether oxygens (including phenoxy) is 2. The molecule has 0 aliphatic heterocycles. The molecule has 1 aromatic heterocycles. The molecule has 4 nitrogen and oxygen atoms in total. The second-order valence-corrected chi connectivity index (χ2v) is 3.42. The fourth-order valence-corrected chi connectivity index (χ4v) is 1.41. The van der Waals surface area contributed by atoms with Crippen molar-refractivity contribution < 1.29 is 9.47 Å². The zero-order valence-corrected chi connectivity index (χ0v) is 9.59. The fraction of sp³-hybridized carbons (Fsp3) is 0.231. The average Bonchev–Trinajstić information content (AvgIpc) is 2.40. The van der Waals surface area contributed by atoms with E-state index in [1.54, 1.807) is 19.4 Å². The normalized spacial score (nSPS) is 9.94. The van der Waals surface area contributed by atoms with E-state index in [0.29, 0.717) is 12.6 Å². The van der Waals surface area contributed by atoms with Gasteiger partial charge in [-0.3, -0.25) is 0 Å². The van der Waals surface area contributed by atoms with Crippen LogP contribution in [0.15, 0.2) is 36.5 Å². The number of methoxy groups -OCH3 is 1. The van der Waals surface area contributed by atoms with Crippen molar-refractivity contribution in [2.45, 2.75) is 6.42 Å². The van der Waals surface area contributed by atoms with Crippen LogP contribution in [-0.4, -0.2) is 23.7 Å². The van der Waals surface area contributed by atoms with Crippen molar-refractivity contribution in [3.63, 3.8) is 0 Å². The van der Waals surface area contributed by atoms with Gasteiger partial charge in [0, 0.05) is 12.6 Å². The standard InChI is InChI=1S/C13H13N2O2/c1-16-12-5-2-4-11(10-12)6-9-17-13-14-7-3-8-15-13/h2-5,7,10H,6,9H2,1H3. The largest absolute Gasteiger partial charge is 0.497 e. The molecule has 0 bridgehead atoms. The van der Waals surface area contributed by atoms with Crippen molar-refractivity contribution in [2.75, 3.05) is 13.7 Å². The molecule has 0 fully saturated rings. The molecule has 0 unspecified atom stereocenters. The number of benzene rings is 1. The third-order valence-electron chi connectivity index (χ3n) is 2.25. The molecule has 2 rings (SSSR count). The van der Waals surface area contributed by atoms with Crippen LogP contribution >= 0.6 is 0 Å². The highest BCUT2D eigenvalue weighted by Gasteiger charge is 1.98. The Bertz CT molecular complexity index is 460. The summed E-state index contributed by atoms with van der Waals surface area (Å²) in [6.07, 6.45) is 5.06. The predicted octanol–water partition coefficient (Wildman–Crippen LogP) is 1.91. The average molecular weight is 229 g/mol. The van der Waals surface area contributed by atoms with Crippen molar-refractivity contribution in [3.8, 4) is 11.8 Å². The maximum absolute atomic E-state index is 5.39. The molecule has 4 heteroatoms. The minimum absolute atomic E-state index is 0.357. The monoisotopic (exact) mass is 229 g/mol. The second-order valence-electron chi connectivity index (χ2n) is 3.42. The lowest BCUT2D eigenvalue weighted by Crippen LogP contribution is -2.03. The molecule has 0 amide bonds. The maximum Gasteiger partial charge on any atom is 0.316 e. The second kappa shape index (κ2) is 5.84. The summed E-state index contributed by atoms with van der Waals surface area (Å²) in [6.45, 7) is 0.533. The van der Waals surface area contributed by atoms with Gasteiger partial charge >= 0.3 is 6.01 Å². The molecule has 2 aromatic rings. The van der Waals surface area contributed by atoms with Crippen molar-refractivity contribution in [1.29, 1.82) is 0 Å². The highest BCUT2D eigenvalue weighted by atomic mass is 16.5. The van der Waals surface area contributed by atoms with E-state index in [9.17, 15) is 0 Å². The quantitative estimate of drug-likeness (QED) is 0.785. The number of aromatic nitrogens is 2. The first-order valence-electron chi connectivity index (χ1n) is 5.33. The summed E-state index contributed by atoms with van der Waals surface area (Å²) in [5.74, 6) is 0.854. The predicted molar refractivity (Wildman–Crippen MR) is 63.1 cm³/mol. The van der Waals surface area contributed by atoms with Crippen LogP contribution in [0.2, 0.25) is 0 Å². The molecule has 0 aliphatic carbocycles. The summed E-state index contributed by atoms with van der Waals surface area (Å²) in [5, 5.41) is 0. The minimum atomic E-state index is 0.357. The Balaban J connectivity index is 1.86. The lowest BCUT2D eigenvalue weighted by Gasteiger charge is -2.05. The van der Waals surface area contributed by atoms with Gasteiger partial charge in [0.05, 0.1) is 19.9 Å². The van der Waals surface area contributed by atoms with Gasteiger partial charge < -0.3 is 9.47 Å². The highest BCUT2D eigenvalue weighted by Crippen LogP contribution is 2.13.